The topological polar surface area (TPSA) is 71.4 Å². The summed E-state index contributed by atoms with van der Waals surface area (Å²) in [5.41, 5.74) is 0.989. The molecule has 3 rings (SSSR count). The Balaban J connectivity index is 1.98. The molecule has 1 N–H and O–H groups in total. The standard InChI is InChI=1S/C18H24O4S/c1-23(21,22)14-6-4-5-12(9-14)17-10-13(11-19)18(20)16-8-3-2-7-15(16)17/h4-6,9,11,13,15-18,20H,2-3,7-8,10H2,1H3. The van der Waals surface area contributed by atoms with Gasteiger partial charge in [-0.1, -0.05) is 25.0 Å². The average molecular weight is 336 g/mol. The number of carbonyl (C=O) groups excluding carboxylic acids is 1. The van der Waals surface area contributed by atoms with E-state index >= 15 is 0 Å². The average Bonchev–Trinajstić information content (AvgIpc) is 2.55. The lowest BCUT2D eigenvalue weighted by molar-refractivity contribution is -0.121. The van der Waals surface area contributed by atoms with Crippen LogP contribution >= 0.6 is 0 Å². The molecule has 0 bridgehead atoms. The first-order valence-corrected chi connectivity index (χ1v) is 10.2. The second kappa shape index (κ2) is 6.36. The number of rotatable bonds is 3. The molecular formula is C18H24O4S. The summed E-state index contributed by atoms with van der Waals surface area (Å²) in [6.45, 7) is 0. The first-order valence-electron chi connectivity index (χ1n) is 8.35. The quantitative estimate of drug-likeness (QED) is 0.861. The summed E-state index contributed by atoms with van der Waals surface area (Å²) in [5.74, 6) is 0.297. The van der Waals surface area contributed by atoms with E-state index in [2.05, 4.69) is 0 Å². The molecule has 0 radical (unpaired) electrons. The number of aliphatic hydroxyl groups excluding tert-OH is 1. The smallest absolute Gasteiger partial charge is 0.175 e. The van der Waals surface area contributed by atoms with Crippen LogP contribution in [0.4, 0.5) is 0 Å². The molecule has 1 aromatic rings. The number of hydrogen-bond acceptors (Lipinski definition) is 4. The van der Waals surface area contributed by atoms with Gasteiger partial charge in [-0.15, -0.1) is 0 Å². The fraction of sp³-hybridized carbons (Fsp3) is 0.611. The molecule has 5 heteroatoms. The van der Waals surface area contributed by atoms with Crippen molar-refractivity contribution in [2.75, 3.05) is 6.26 Å². The van der Waals surface area contributed by atoms with Gasteiger partial charge in [-0.25, -0.2) is 8.42 Å². The Hall–Kier alpha value is -1.20. The number of carbonyl (C=O) groups is 1. The predicted octanol–water partition coefficient (Wildman–Crippen LogP) is 2.56. The first kappa shape index (κ1) is 16.7. The van der Waals surface area contributed by atoms with Gasteiger partial charge in [-0.05, 0) is 54.7 Å². The second-order valence-electron chi connectivity index (χ2n) is 7.09. The number of benzene rings is 1. The number of aliphatic hydroxyl groups is 1. The minimum atomic E-state index is -3.24. The maximum Gasteiger partial charge on any atom is 0.175 e. The summed E-state index contributed by atoms with van der Waals surface area (Å²) in [5, 5.41) is 10.5. The van der Waals surface area contributed by atoms with Crippen LogP contribution in [-0.4, -0.2) is 32.2 Å². The van der Waals surface area contributed by atoms with Crippen molar-refractivity contribution in [3.63, 3.8) is 0 Å². The molecule has 4 nitrogen and oxygen atoms in total. The highest BCUT2D eigenvalue weighted by atomic mass is 32.2. The van der Waals surface area contributed by atoms with Crippen LogP contribution in [0.25, 0.3) is 0 Å². The second-order valence-corrected chi connectivity index (χ2v) is 9.11. The maximum atomic E-state index is 11.8. The summed E-state index contributed by atoms with van der Waals surface area (Å²) in [7, 11) is -3.24. The van der Waals surface area contributed by atoms with E-state index in [-0.39, 0.29) is 17.8 Å². The van der Waals surface area contributed by atoms with E-state index in [4.69, 9.17) is 0 Å². The van der Waals surface area contributed by atoms with Gasteiger partial charge in [0.1, 0.15) is 6.29 Å². The first-order chi connectivity index (χ1) is 10.9. The molecule has 0 saturated heterocycles. The molecule has 0 amide bonds. The number of hydrogen-bond donors (Lipinski definition) is 1. The van der Waals surface area contributed by atoms with Crippen molar-refractivity contribution >= 4 is 16.1 Å². The van der Waals surface area contributed by atoms with Crippen molar-refractivity contribution in [2.45, 2.75) is 49.0 Å². The van der Waals surface area contributed by atoms with Crippen molar-refractivity contribution in [2.24, 2.45) is 17.8 Å². The Morgan fingerprint density at radius 1 is 1.17 bits per heavy atom. The zero-order valence-corrected chi connectivity index (χ0v) is 14.2. The Morgan fingerprint density at radius 3 is 2.52 bits per heavy atom. The largest absolute Gasteiger partial charge is 0.392 e. The summed E-state index contributed by atoms with van der Waals surface area (Å²) in [4.78, 5) is 11.7. The molecule has 5 unspecified atom stereocenters. The van der Waals surface area contributed by atoms with E-state index in [1.54, 1.807) is 18.2 Å². The van der Waals surface area contributed by atoms with Gasteiger partial charge in [0.05, 0.1) is 11.0 Å². The van der Waals surface area contributed by atoms with Crippen molar-refractivity contribution in [3.8, 4) is 0 Å². The minimum absolute atomic E-state index is 0.152. The van der Waals surface area contributed by atoms with Crippen molar-refractivity contribution in [1.82, 2.24) is 0 Å². The van der Waals surface area contributed by atoms with Crippen molar-refractivity contribution in [3.05, 3.63) is 29.8 Å². The van der Waals surface area contributed by atoms with Gasteiger partial charge in [0.25, 0.3) is 0 Å². The minimum Gasteiger partial charge on any atom is -0.392 e. The lowest BCUT2D eigenvalue weighted by atomic mass is 9.60. The third-order valence-electron chi connectivity index (χ3n) is 5.68. The molecule has 1 aromatic carbocycles. The van der Waals surface area contributed by atoms with Crippen molar-refractivity contribution in [1.29, 1.82) is 0 Å². The lowest BCUT2D eigenvalue weighted by Crippen LogP contribution is -2.45. The molecule has 2 fully saturated rings. The highest BCUT2D eigenvalue weighted by Crippen LogP contribution is 2.50. The van der Waals surface area contributed by atoms with Gasteiger partial charge in [0.15, 0.2) is 9.84 Å². The van der Waals surface area contributed by atoms with E-state index in [1.807, 2.05) is 6.07 Å². The summed E-state index contributed by atoms with van der Waals surface area (Å²) in [6.07, 6.45) is 6.39. The van der Waals surface area contributed by atoms with Gasteiger partial charge in [0.2, 0.25) is 0 Å². The summed E-state index contributed by atoms with van der Waals surface area (Å²) >= 11 is 0. The van der Waals surface area contributed by atoms with Gasteiger partial charge in [-0.3, -0.25) is 0 Å². The van der Waals surface area contributed by atoms with Crippen LogP contribution < -0.4 is 0 Å². The van der Waals surface area contributed by atoms with E-state index in [0.29, 0.717) is 17.2 Å². The summed E-state index contributed by atoms with van der Waals surface area (Å²) < 4.78 is 23.7. The van der Waals surface area contributed by atoms with Crippen molar-refractivity contribution < 1.29 is 18.3 Å². The molecular weight excluding hydrogens is 312 g/mol. The maximum absolute atomic E-state index is 11.8. The Kier molecular flexibility index (Phi) is 4.61. The van der Waals surface area contributed by atoms with Crippen LogP contribution in [0.1, 0.15) is 43.6 Å². The number of fused-ring (bicyclic) bond motifs is 1. The molecule has 126 valence electrons. The molecule has 0 heterocycles. The van der Waals surface area contributed by atoms with E-state index in [0.717, 1.165) is 37.5 Å². The summed E-state index contributed by atoms with van der Waals surface area (Å²) in [6, 6.07) is 7.12. The molecule has 0 spiro atoms. The number of sulfone groups is 1. The molecule has 23 heavy (non-hydrogen) atoms. The van der Waals surface area contributed by atoms with Gasteiger partial charge < -0.3 is 9.90 Å². The predicted molar refractivity (Wildman–Crippen MR) is 87.9 cm³/mol. The van der Waals surface area contributed by atoms with Crippen LogP contribution in [-0.2, 0) is 14.6 Å². The molecule has 2 saturated carbocycles. The van der Waals surface area contributed by atoms with E-state index < -0.39 is 15.9 Å². The monoisotopic (exact) mass is 336 g/mol. The molecule has 0 aromatic heterocycles. The Morgan fingerprint density at radius 2 is 1.87 bits per heavy atom. The van der Waals surface area contributed by atoms with Crippen LogP contribution in [0.2, 0.25) is 0 Å². The zero-order valence-electron chi connectivity index (χ0n) is 13.4. The molecule has 2 aliphatic carbocycles. The Bertz CT molecular complexity index is 682. The normalized spacial score (nSPS) is 34.6. The third-order valence-corrected chi connectivity index (χ3v) is 6.79. The van der Waals surface area contributed by atoms with Crippen LogP contribution in [0, 0.1) is 17.8 Å². The van der Waals surface area contributed by atoms with Crippen LogP contribution in [0.5, 0.6) is 0 Å². The SMILES string of the molecule is CS(=O)(=O)c1cccc(C2CC(C=O)C(O)C3CCCCC23)c1. The number of aldehydes is 1. The van der Waals surface area contributed by atoms with E-state index in [1.165, 1.54) is 6.26 Å². The highest BCUT2D eigenvalue weighted by Gasteiger charge is 2.45. The fourth-order valence-electron chi connectivity index (χ4n) is 4.53. The van der Waals surface area contributed by atoms with Crippen LogP contribution in [0.3, 0.4) is 0 Å². The molecule has 2 aliphatic rings. The lowest BCUT2D eigenvalue weighted by Gasteiger charge is -2.46. The Labute approximate surface area is 137 Å². The zero-order chi connectivity index (χ0) is 16.6. The molecule has 5 atom stereocenters. The van der Waals surface area contributed by atoms with Gasteiger partial charge in [-0.2, -0.15) is 0 Å². The van der Waals surface area contributed by atoms with Gasteiger partial charge >= 0.3 is 0 Å². The van der Waals surface area contributed by atoms with Crippen LogP contribution in [0.15, 0.2) is 29.2 Å². The highest BCUT2D eigenvalue weighted by molar-refractivity contribution is 7.90. The van der Waals surface area contributed by atoms with E-state index in [9.17, 15) is 18.3 Å². The van der Waals surface area contributed by atoms with Gasteiger partial charge in [0, 0.05) is 12.2 Å². The third kappa shape index (κ3) is 3.22. The molecule has 0 aliphatic heterocycles. The fourth-order valence-corrected chi connectivity index (χ4v) is 5.21.